The second-order valence-corrected chi connectivity index (χ2v) is 14.0. The number of hydrogen-bond acceptors (Lipinski definition) is 12. The SMILES string of the molecule is CC(C)(C)NC[C@H](O)COc1nsnc1N1CCOCC1.CCOC(=O)c1c(I)c(NC(C)=O)c(I)c(NC(C)=O)c1I. The summed E-state index contributed by atoms with van der Waals surface area (Å²) in [4.78, 5) is 37.2. The summed E-state index contributed by atoms with van der Waals surface area (Å²) < 4.78 is 26.3. The number of aliphatic hydroxyl groups is 1. The van der Waals surface area contributed by atoms with Gasteiger partial charge in [-0.3, -0.25) is 9.59 Å². The number of anilines is 3. The normalized spacial score (nSPS) is 13.9. The molecule has 1 aromatic carbocycles. The van der Waals surface area contributed by atoms with Gasteiger partial charge in [-0.1, -0.05) is 0 Å². The van der Waals surface area contributed by atoms with Crippen LogP contribution in [0.4, 0.5) is 17.2 Å². The number of ether oxygens (including phenoxy) is 3. The van der Waals surface area contributed by atoms with Gasteiger partial charge >= 0.3 is 5.97 Å². The van der Waals surface area contributed by atoms with Crippen LogP contribution in [0, 0.1) is 10.7 Å². The van der Waals surface area contributed by atoms with Gasteiger partial charge in [0.05, 0.1) is 59.2 Å². The third-order valence-corrected chi connectivity index (χ3v) is 9.17. The first kappa shape index (κ1) is 38.0. The van der Waals surface area contributed by atoms with Crippen molar-refractivity contribution in [2.45, 2.75) is 53.2 Å². The van der Waals surface area contributed by atoms with E-state index in [1.807, 2.05) is 67.8 Å². The van der Waals surface area contributed by atoms with Crippen LogP contribution in [0.15, 0.2) is 0 Å². The predicted molar refractivity (Wildman–Crippen MR) is 191 cm³/mol. The molecule has 13 nitrogen and oxygen atoms in total. The first-order valence-electron chi connectivity index (χ1n) is 13.3. The highest BCUT2D eigenvalue weighted by Gasteiger charge is 2.26. The fourth-order valence-electron chi connectivity index (χ4n) is 3.51. The molecule has 1 fully saturated rings. The Labute approximate surface area is 296 Å². The summed E-state index contributed by atoms with van der Waals surface area (Å²) in [5, 5.41) is 18.6. The van der Waals surface area contributed by atoms with Gasteiger partial charge in [-0.2, -0.15) is 4.37 Å². The average molecular weight is 958 g/mol. The van der Waals surface area contributed by atoms with Gasteiger partial charge in [0.25, 0.3) is 5.88 Å². The van der Waals surface area contributed by atoms with Gasteiger partial charge in [0.15, 0.2) is 0 Å². The fourth-order valence-corrected chi connectivity index (χ4v) is 8.18. The molecule has 4 N–H and O–H groups in total. The van der Waals surface area contributed by atoms with E-state index >= 15 is 0 Å². The molecule has 240 valence electrons. The van der Waals surface area contributed by atoms with Crippen LogP contribution in [0.2, 0.25) is 0 Å². The third kappa shape index (κ3) is 12.3. The molecule has 0 aliphatic carbocycles. The number of β-amino-alcohol motifs (C(OH)–C–C–N with tert-alkyl or cyclic N) is 1. The highest BCUT2D eigenvalue weighted by atomic mass is 127. The molecule has 1 aliphatic rings. The van der Waals surface area contributed by atoms with Crippen molar-refractivity contribution in [3.8, 4) is 5.88 Å². The second kappa shape index (κ2) is 18.1. The average Bonchev–Trinajstić information content (AvgIpc) is 3.40. The minimum Gasteiger partial charge on any atom is -0.472 e. The molecule has 17 heteroatoms. The number of aromatic nitrogens is 2. The van der Waals surface area contributed by atoms with Crippen LogP contribution in [0.3, 0.4) is 0 Å². The van der Waals surface area contributed by atoms with Crippen molar-refractivity contribution >= 4 is 114 Å². The molecule has 1 aromatic heterocycles. The first-order valence-corrected chi connectivity index (χ1v) is 17.3. The zero-order valence-electron chi connectivity index (χ0n) is 24.8. The molecule has 0 unspecified atom stereocenters. The van der Waals surface area contributed by atoms with Gasteiger partial charge in [-0.25, -0.2) is 4.79 Å². The minimum absolute atomic E-state index is 0.0257. The fraction of sp³-hybridized carbons (Fsp3) is 0.577. The van der Waals surface area contributed by atoms with E-state index in [2.05, 4.69) is 50.4 Å². The Bertz CT molecular complexity index is 1230. The third-order valence-electron chi connectivity index (χ3n) is 5.43. The zero-order chi connectivity index (χ0) is 32.3. The Hall–Kier alpha value is -1.14. The molecule has 0 bridgehead atoms. The molecule has 1 saturated heterocycles. The maximum atomic E-state index is 12.2. The van der Waals surface area contributed by atoms with Crippen molar-refractivity contribution in [2.24, 2.45) is 0 Å². The van der Waals surface area contributed by atoms with Crippen molar-refractivity contribution in [1.29, 1.82) is 0 Å². The number of halogens is 3. The lowest BCUT2D eigenvalue weighted by Crippen LogP contribution is -2.42. The largest absolute Gasteiger partial charge is 0.472 e. The van der Waals surface area contributed by atoms with Crippen LogP contribution in [-0.4, -0.2) is 89.3 Å². The van der Waals surface area contributed by atoms with Crippen molar-refractivity contribution in [3.05, 3.63) is 16.3 Å². The van der Waals surface area contributed by atoms with Crippen molar-refractivity contribution in [3.63, 3.8) is 0 Å². The lowest BCUT2D eigenvalue weighted by molar-refractivity contribution is -0.115. The summed E-state index contributed by atoms with van der Waals surface area (Å²) in [6, 6.07) is 0. The lowest BCUT2D eigenvalue weighted by Gasteiger charge is -2.27. The summed E-state index contributed by atoms with van der Waals surface area (Å²) in [5.74, 6) is 0.225. The molecule has 2 aromatic rings. The van der Waals surface area contributed by atoms with E-state index in [0.717, 1.165) is 30.6 Å². The molecule has 1 atom stereocenters. The number of aliphatic hydroxyl groups excluding tert-OH is 1. The maximum absolute atomic E-state index is 12.2. The van der Waals surface area contributed by atoms with Gasteiger partial charge in [0, 0.05) is 39.0 Å². The molecule has 0 radical (unpaired) electrons. The van der Waals surface area contributed by atoms with Crippen LogP contribution in [0.1, 0.15) is 51.9 Å². The number of amides is 2. The summed E-state index contributed by atoms with van der Waals surface area (Å²) in [5.41, 5.74) is 1.28. The maximum Gasteiger partial charge on any atom is 0.340 e. The number of esters is 1. The summed E-state index contributed by atoms with van der Waals surface area (Å²) in [7, 11) is 0. The number of hydrogen-bond donors (Lipinski definition) is 4. The molecule has 43 heavy (non-hydrogen) atoms. The Kier molecular flexibility index (Phi) is 16.0. The van der Waals surface area contributed by atoms with Gasteiger partial charge in [0.2, 0.25) is 17.6 Å². The topological polar surface area (TPSA) is 164 Å². The smallest absolute Gasteiger partial charge is 0.340 e. The number of nitrogens with zero attached hydrogens (tertiary/aromatic N) is 3. The molecular weight excluding hydrogens is 921 g/mol. The van der Waals surface area contributed by atoms with Gasteiger partial charge < -0.3 is 40.2 Å². The first-order chi connectivity index (χ1) is 20.2. The number of nitrogens with one attached hydrogen (secondary N) is 3. The number of carbonyl (C=O) groups is 3. The summed E-state index contributed by atoms with van der Waals surface area (Å²) >= 11 is 7.14. The van der Waals surface area contributed by atoms with E-state index < -0.39 is 12.1 Å². The number of carbonyl (C=O) groups excluding carboxylic acids is 3. The van der Waals surface area contributed by atoms with E-state index in [-0.39, 0.29) is 30.6 Å². The molecule has 2 heterocycles. The van der Waals surface area contributed by atoms with Crippen LogP contribution in [0.5, 0.6) is 5.88 Å². The van der Waals surface area contributed by atoms with E-state index in [0.29, 0.717) is 53.3 Å². The molecular formula is C26H37I3N6O7S. The predicted octanol–water partition coefficient (Wildman–Crippen LogP) is 4.10. The Morgan fingerprint density at radius 1 is 1.02 bits per heavy atom. The molecule has 2 amide bonds. The van der Waals surface area contributed by atoms with E-state index in [1.165, 1.54) is 13.8 Å². The van der Waals surface area contributed by atoms with Crippen LogP contribution < -0.4 is 25.6 Å². The van der Waals surface area contributed by atoms with E-state index in [1.54, 1.807) is 6.92 Å². The highest BCUT2D eigenvalue weighted by molar-refractivity contribution is 14.1. The van der Waals surface area contributed by atoms with Crippen LogP contribution in [0.25, 0.3) is 0 Å². The van der Waals surface area contributed by atoms with E-state index in [4.69, 9.17) is 14.2 Å². The van der Waals surface area contributed by atoms with Gasteiger partial charge in [-0.05, 0) is 95.5 Å². The Morgan fingerprint density at radius 2 is 1.58 bits per heavy atom. The van der Waals surface area contributed by atoms with Crippen LogP contribution in [-0.2, 0) is 19.1 Å². The van der Waals surface area contributed by atoms with Crippen molar-refractivity contribution < 1.29 is 33.7 Å². The molecule has 3 rings (SSSR count). The van der Waals surface area contributed by atoms with Gasteiger partial charge in [0.1, 0.15) is 12.7 Å². The molecule has 1 aliphatic heterocycles. The zero-order valence-corrected chi connectivity index (χ0v) is 32.1. The highest BCUT2D eigenvalue weighted by Crippen LogP contribution is 2.39. The van der Waals surface area contributed by atoms with Gasteiger partial charge in [-0.15, -0.1) is 4.37 Å². The second-order valence-electron chi connectivity index (χ2n) is 10.2. The van der Waals surface area contributed by atoms with Crippen molar-refractivity contribution in [2.75, 3.05) is 61.6 Å². The molecule has 0 spiro atoms. The Morgan fingerprint density at radius 3 is 2.07 bits per heavy atom. The quantitative estimate of drug-likeness (QED) is 0.201. The minimum atomic E-state index is -0.580. The van der Waals surface area contributed by atoms with Crippen molar-refractivity contribution in [1.82, 2.24) is 14.1 Å². The lowest BCUT2D eigenvalue weighted by atomic mass is 10.1. The summed E-state index contributed by atoms with van der Waals surface area (Å²) in [6.45, 7) is 14.5. The molecule has 0 saturated carbocycles. The number of rotatable bonds is 10. The standard InChI is InChI=1S/C13H13I3N2O4.C13H24N4O3S/c1-4-22-13(21)7-8(14)11(17-5(2)19)10(16)12(9(7)15)18-6(3)20;1-13(2,3)14-8-10(18)9-20-12-11(15-21-16-12)17-4-6-19-7-5-17/h4H2,1-3H3,(H,17,19)(H,18,20);10,14,18H,4-9H2,1-3H3/t;10-/m.0/s1. The number of morpholine rings is 1. The summed E-state index contributed by atoms with van der Waals surface area (Å²) in [6.07, 6.45) is -0.580. The number of benzene rings is 1. The Balaban J connectivity index is 0.000000300. The monoisotopic (exact) mass is 958 g/mol. The van der Waals surface area contributed by atoms with Crippen LogP contribution >= 0.6 is 79.5 Å². The van der Waals surface area contributed by atoms with E-state index in [9.17, 15) is 19.5 Å².